The van der Waals surface area contributed by atoms with Gasteiger partial charge in [0.05, 0.1) is 6.33 Å². The number of anilines is 1. The zero-order valence-electron chi connectivity index (χ0n) is 15.6. The highest BCUT2D eigenvalue weighted by atomic mass is 35.5. The molecule has 0 saturated carbocycles. The third kappa shape index (κ3) is 6.55. The molecule has 1 unspecified atom stereocenters. The van der Waals surface area contributed by atoms with Gasteiger partial charge in [-0.3, -0.25) is 0 Å². The monoisotopic (exact) mass is 430 g/mol. The van der Waals surface area contributed by atoms with Gasteiger partial charge in [0.15, 0.2) is 5.11 Å². The van der Waals surface area contributed by atoms with Crippen molar-refractivity contribution in [1.82, 2.24) is 14.9 Å². The van der Waals surface area contributed by atoms with Crippen molar-refractivity contribution in [2.45, 2.75) is 29.5 Å². The van der Waals surface area contributed by atoms with Crippen molar-refractivity contribution in [3.63, 3.8) is 0 Å². The molecule has 0 spiro atoms. The lowest BCUT2D eigenvalue weighted by atomic mass is 10.1. The van der Waals surface area contributed by atoms with Gasteiger partial charge in [0, 0.05) is 46.8 Å². The number of hydrogen-bond acceptors (Lipinski definition) is 3. The van der Waals surface area contributed by atoms with Crippen LogP contribution in [0.2, 0.25) is 5.02 Å². The second-order valence-electron chi connectivity index (χ2n) is 6.39. The molecule has 2 N–H and O–H groups in total. The fraction of sp³-hybridized carbons (Fsp3) is 0.238. The van der Waals surface area contributed by atoms with Gasteiger partial charge in [-0.1, -0.05) is 23.7 Å². The smallest absolute Gasteiger partial charge is 0.170 e. The van der Waals surface area contributed by atoms with Gasteiger partial charge in [0.2, 0.25) is 0 Å². The summed E-state index contributed by atoms with van der Waals surface area (Å²) >= 11 is 13.0. The van der Waals surface area contributed by atoms with Crippen LogP contribution < -0.4 is 10.6 Å². The molecule has 0 aliphatic heterocycles. The Bertz CT molecular complexity index is 864. The Morgan fingerprint density at radius 2 is 1.93 bits per heavy atom. The van der Waals surface area contributed by atoms with Gasteiger partial charge in [-0.15, -0.1) is 11.8 Å². The van der Waals surface area contributed by atoms with Crippen LogP contribution in [0, 0.1) is 0 Å². The number of thiocarbonyl (C=S) groups is 1. The summed E-state index contributed by atoms with van der Waals surface area (Å²) in [5.74, 6) is 0. The molecule has 4 nitrogen and oxygen atoms in total. The van der Waals surface area contributed by atoms with E-state index in [9.17, 15) is 0 Å². The van der Waals surface area contributed by atoms with E-state index in [0.717, 1.165) is 30.1 Å². The molecule has 0 aliphatic carbocycles. The van der Waals surface area contributed by atoms with Crippen LogP contribution >= 0.6 is 35.6 Å². The normalized spacial score (nSPS) is 11.8. The summed E-state index contributed by atoms with van der Waals surface area (Å²) in [6.45, 7) is 0.919. The summed E-state index contributed by atoms with van der Waals surface area (Å²) in [5, 5.41) is 7.89. The van der Waals surface area contributed by atoms with Crippen LogP contribution in [0.25, 0.3) is 0 Å². The van der Waals surface area contributed by atoms with Crippen LogP contribution in [0.4, 0.5) is 5.69 Å². The van der Waals surface area contributed by atoms with E-state index in [1.165, 1.54) is 10.5 Å². The quantitative estimate of drug-likeness (QED) is 0.377. The molecule has 0 aliphatic rings. The molecule has 0 fully saturated rings. The Labute approximate surface area is 180 Å². The molecule has 3 aromatic rings. The van der Waals surface area contributed by atoms with E-state index in [1.807, 2.05) is 42.6 Å². The molecule has 7 heteroatoms. The lowest BCUT2D eigenvalue weighted by Gasteiger charge is -2.18. The van der Waals surface area contributed by atoms with Gasteiger partial charge in [0.1, 0.15) is 0 Å². The number of nitrogens with one attached hydrogen (secondary N) is 2. The average Bonchev–Trinajstić information content (AvgIpc) is 3.22. The maximum Gasteiger partial charge on any atom is 0.170 e. The standard InChI is InChI=1S/C21H23ClN4S2/c1-23-21(27)25-18-7-10-19(11-8-18)28-20(14-26-13-12-24-15-26)9-4-16-2-5-17(22)6-3-16/h2-3,5-8,10-13,15,20H,4,9,14H2,1H3,(H2,23,25,27). The predicted octanol–water partition coefficient (Wildman–Crippen LogP) is 5.25. The van der Waals surface area contributed by atoms with Crippen molar-refractivity contribution in [2.75, 3.05) is 12.4 Å². The van der Waals surface area contributed by atoms with Crippen molar-refractivity contribution in [1.29, 1.82) is 0 Å². The van der Waals surface area contributed by atoms with Crippen LogP contribution in [-0.2, 0) is 13.0 Å². The fourth-order valence-corrected chi connectivity index (χ4v) is 4.20. The summed E-state index contributed by atoms with van der Waals surface area (Å²) in [7, 11) is 1.81. The molecular formula is C21H23ClN4S2. The highest BCUT2D eigenvalue weighted by Gasteiger charge is 2.12. The van der Waals surface area contributed by atoms with Gasteiger partial charge in [0.25, 0.3) is 0 Å². The number of aromatic nitrogens is 2. The molecule has 0 bridgehead atoms. The van der Waals surface area contributed by atoms with Crippen molar-refractivity contribution in [3.8, 4) is 0 Å². The van der Waals surface area contributed by atoms with Gasteiger partial charge in [-0.2, -0.15) is 0 Å². The minimum absolute atomic E-state index is 0.432. The molecule has 2 aromatic carbocycles. The summed E-state index contributed by atoms with van der Waals surface area (Å²) in [6.07, 6.45) is 7.79. The number of thioether (sulfide) groups is 1. The van der Waals surface area contributed by atoms with Crippen molar-refractivity contribution in [2.24, 2.45) is 0 Å². The highest BCUT2D eigenvalue weighted by molar-refractivity contribution is 8.00. The largest absolute Gasteiger partial charge is 0.366 e. The van der Waals surface area contributed by atoms with E-state index in [1.54, 1.807) is 7.05 Å². The Kier molecular flexibility index (Phi) is 7.77. The van der Waals surface area contributed by atoms with E-state index in [0.29, 0.717) is 10.4 Å². The van der Waals surface area contributed by atoms with E-state index in [4.69, 9.17) is 23.8 Å². The summed E-state index contributed by atoms with van der Waals surface area (Å²) in [6, 6.07) is 16.5. The number of aryl methyl sites for hydroxylation is 1. The van der Waals surface area contributed by atoms with E-state index < -0.39 is 0 Å². The third-order valence-corrected chi connectivity index (χ3v) is 6.10. The molecule has 1 heterocycles. The van der Waals surface area contributed by atoms with Crippen LogP contribution in [-0.4, -0.2) is 27.0 Å². The zero-order chi connectivity index (χ0) is 19.8. The van der Waals surface area contributed by atoms with Crippen molar-refractivity contribution in [3.05, 3.63) is 77.8 Å². The number of benzene rings is 2. The molecule has 28 heavy (non-hydrogen) atoms. The second-order valence-corrected chi connectivity index (χ2v) is 8.61. The average molecular weight is 431 g/mol. The van der Waals surface area contributed by atoms with Gasteiger partial charge >= 0.3 is 0 Å². The van der Waals surface area contributed by atoms with Crippen LogP contribution in [0.15, 0.2) is 72.1 Å². The lowest BCUT2D eigenvalue weighted by Crippen LogP contribution is -2.23. The second kappa shape index (κ2) is 10.5. The van der Waals surface area contributed by atoms with E-state index >= 15 is 0 Å². The number of hydrogen-bond donors (Lipinski definition) is 2. The SMILES string of the molecule is CNC(=S)Nc1ccc(SC(CCc2ccc(Cl)cc2)Cn2ccnc2)cc1. The molecule has 0 amide bonds. The molecule has 1 aromatic heterocycles. The Morgan fingerprint density at radius 3 is 2.57 bits per heavy atom. The van der Waals surface area contributed by atoms with Gasteiger partial charge in [-0.25, -0.2) is 4.98 Å². The maximum atomic E-state index is 6.00. The van der Waals surface area contributed by atoms with Gasteiger partial charge < -0.3 is 15.2 Å². The first-order chi connectivity index (χ1) is 13.6. The van der Waals surface area contributed by atoms with Crippen LogP contribution in [0.1, 0.15) is 12.0 Å². The maximum absolute atomic E-state index is 6.00. The van der Waals surface area contributed by atoms with E-state index in [2.05, 4.69) is 56.6 Å². The van der Waals surface area contributed by atoms with Gasteiger partial charge in [-0.05, 0) is 67.0 Å². The third-order valence-electron chi connectivity index (χ3n) is 4.28. The molecule has 3 rings (SSSR count). The first kappa shape index (κ1) is 20.7. The lowest BCUT2D eigenvalue weighted by molar-refractivity contribution is 0.624. The van der Waals surface area contributed by atoms with E-state index in [-0.39, 0.29) is 0 Å². The molecular weight excluding hydrogens is 408 g/mol. The number of nitrogens with zero attached hydrogens (tertiary/aromatic N) is 2. The molecule has 1 atom stereocenters. The van der Waals surface area contributed by atoms with Crippen molar-refractivity contribution < 1.29 is 0 Å². The zero-order valence-corrected chi connectivity index (χ0v) is 18.0. The topological polar surface area (TPSA) is 41.9 Å². The minimum Gasteiger partial charge on any atom is -0.366 e. The summed E-state index contributed by atoms with van der Waals surface area (Å²) in [4.78, 5) is 5.41. The number of rotatable bonds is 8. The Hall–Kier alpha value is -2.02. The van der Waals surface area contributed by atoms with Crippen LogP contribution in [0.5, 0.6) is 0 Å². The predicted molar refractivity (Wildman–Crippen MR) is 123 cm³/mol. The van der Waals surface area contributed by atoms with Crippen molar-refractivity contribution >= 4 is 46.4 Å². The Balaban J connectivity index is 1.64. The minimum atomic E-state index is 0.432. The first-order valence-electron chi connectivity index (χ1n) is 9.08. The molecule has 0 saturated heterocycles. The molecule has 0 radical (unpaired) electrons. The summed E-state index contributed by atoms with van der Waals surface area (Å²) in [5.41, 5.74) is 2.29. The molecule has 146 valence electrons. The number of imidazole rings is 1. The fourth-order valence-electron chi connectivity index (χ4n) is 2.80. The Morgan fingerprint density at radius 1 is 1.18 bits per heavy atom. The summed E-state index contributed by atoms with van der Waals surface area (Å²) < 4.78 is 2.14. The van der Waals surface area contributed by atoms with Crippen LogP contribution in [0.3, 0.4) is 0 Å². The highest BCUT2D eigenvalue weighted by Crippen LogP contribution is 2.29. The number of halogens is 1. The first-order valence-corrected chi connectivity index (χ1v) is 10.7.